The van der Waals surface area contributed by atoms with Gasteiger partial charge in [0.25, 0.3) is 17.5 Å². The second kappa shape index (κ2) is 10.1. The quantitative estimate of drug-likeness (QED) is 0.376. The van der Waals surface area contributed by atoms with Gasteiger partial charge in [-0.15, -0.1) is 0 Å². The van der Waals surface area contributed by atoms with Crippen molar-refractivity contribution in [2.75, 3.05) is 6.61 Å². The summed E-state index contributed by atoms with van der Waals surface area (Å²) in [5, 5.41) is 12.9. The van der Waals surface area contributed by atoms with Gasteiger partial charge in [0.2, 0.25) is 0 Å². The van der Waals surface area contributed by atoms with E-state index in [1.54, 1.807) is 24.3 Å². The predicted octanol–water partition coefficient (Wildman–Crippen LogP) is 2.58. The van der Waals surface area contributed by atoms with Crippen LogP contribution in [0.25, 0.3) is 0 Å². The molecule has 0 radical (unpaired) electrons. The summed E-state index contributed by atoms with van der Waals surface area (Å²) >= 11 is 4.96. The van der Waals surface area contributed by atoms with Gasteiger partial charge in [0, 0.05) is 23.3 Å². The Bertz CT molecular complexity index is 898. The van der Waals surface area contributed by atoms with Gasteiger partial charge in [0.1, 0.15) is 5.75 Å². The lowest BCUT2D eigenvalue weighted by Gasteiger charge is -2.12. The molecule has 29 heavy (non-hydrogen) atoms. The predicted molar refractivity (Wildman–Crippen MR) is 111 cm³/mol. The van der Waals surface area contributed by atoms with Crippen LogP contribution in [0.4, 0.5) is 5.69 Å². The summed E-state index contributed by atoms with van der Waals surface area (Å²) in [6, 6.07) is 11.6. The summed E-state index contributed by atoms with van der Waals surface area (Å²) in [5.41, 5.74) is 5.23. The van der Waals surface area contributed by atoms with Gasteiger partial charge in [0.05, 0.1) is 11.5 Å². The zero-order valence-corrected chi connectivity index (χ0v) is 16.6. The van der Waals surface area contributed by atoms with Gasteiger partial charge in [0.15, 0.2) is 5.11 Å². The molecule has 2 amide bonds. The molecule has 2 rings (SSSR count). The van der Waals surface area contributed by atoms with E-state index < -0.39 is 16.7 Å². The molecule has 0 aliphatic heterocycles. The lowest BCUT2D eigenvalue weighted by atomic mass is 10.2. The van der Waals surface area contributed by atoms with Gasteiger partial charge < -0.3 is 4.74 Å². The number of ether oxygens (including phenoxy) is 1. The first kappa shape index (κ1) is 21.8. The molecule has 0 saturated carbocycles. The van der Waals surface area contributed by atoms with Crippen molar-refractivity contribution in [2.24, 2.45) is 5.92 Å². The number of carbonyl (C=O) groups is 2. The Hall–Kier alpha value is -3.53. The van der Waals surface area contributed by atoms with E-state index in [2.05, 4.69) is 16.2 Å². The summed E-state index contributed by atoms with van der Waals surface area (Å²) in [6.45, 7) is 4.66. The molecule has 2 aromatic rings. The molecule has 2 aromatic carbocycles. The fourth-order valence-corrected chi connectivity index (χ4v) is 2.24. The number of nitrogens with zero attached hydrogens (tertiary/aromatic N) is 1. The third-order valence-electron chi connectivity index (χ3n) is 3.56. The van der Waals surface area contributed by atoms with Crippen LogP contribution < -0.4 is 20.9 Å². The number of carbonyl (C=O) groups excluding carboxylic acids is 2. The Morgan fingerprint density at radius 1 is 1.00 bits per heavy atom. The number of thiocarbonyl (C=S) groups is 1. The summed E-state index contributed by atoms with van der Waals surface area (Å²) in [7, 11) is 0. The van der Waals surface area contributed by atoms with Crippen LogP contribution >= 0.6 is 12.2 Å². The number of rotatable bonds is 6. The first-order chi connectivity index (χ1) is 13.8. The Kier molecular flexibility index (Phi) is 7.61. The highest BCUT2D eigenvalue weighted by Gasteiger charge is 2.12. The standard InChI is InChI=1S/C19H20N4O5S/c1-12(2)11-28-16-9-5-14(6-10-16)18(25)21-22-19(29)20-17(24)13-3-7-15(8-4-13)23(26)27/h3-10,12H,11H2,1-2H3,(H,21,25)(H2,20,22,24,29). The maximum absolute atomic E-state index is 12.1. The average Bonchev–Trinajstić information content (AvgIpc) is 2.70. The van der Waals surface area contributed by atoms with Crippen LogP contribution in [-0.2, 0) is 0 Å². The van der Waals surface area contributed by atoms with Crippen molar-refractivity contribution in [3.05, 3.63) is 69.8 Å². The minimum absolute atomic E-state index is 0.126. The molecule has 0 unspecified atom stereocenters. The van der Waals surface area contributed by atoms with Crippen molar-refractivity contribution in [1.29, 1.82) is 0 Å². The van der Waals surface area contributed by atoms with Crippen LogP contribution in [0.1, 0.15) is 34.6 Å². The number of nitrogens with one attached hydrogen (secondary N) is 3. The van der Waals surface area contributed by atoms with E-state index in [-0.39, 0.29) is 16.4 Å². The molecule has 0 aliphatic rings. The largest absolute Gasteiger partial charge is 0.493 e. The number of benzene rings is 2. The molecule has 0 heterocycles. The first-order valence-corrected chi connectivity index (χ1v) is 9.06. The lowest BCUT2D eigenvalue weighted by molar-refractivity contribution is -0.384. The number of hydrogen-bond acceptors (Lipinski definition) is 6. The van der Waals surface area contributed by atoms with Gasteiger partial charge in [-0.05, 0) is 54.5 Å². The Morgan fingerprint density at radius 3 is 2.10 bits per heavy atom. The molecule has 3 N–H and O–H groups in total. The van der Waals surface area contributed by atoms with Crippen molar-refractivity contribution in [3.8, 4) is 5.75 Å². The van der Waals surface area contributed by atoms with Gasteiger partial charge in [-0.3, -0.25) is 35.9 Å². The summed E-state index contributed by atoms with van der Waals surface area (Å²) in [4.78, 5) is 34.3. The number of hydrogen-bond donors (Lipinski definition) is 3. The molecule has 10 heteroatoms. The fraction of sp³-hybridized carbons (Fsp3) is 0.211. The zero-order chi connectivity index (χ0) is 21.4. The number of non-ortho nitro benzene ring substituents is 1. The van der Waals surface area contributed by atoms with Gasteiger partial charge in [-0.2, -0.15) is 0 Å². The monoisotopic (exact) mass is 416 g/mol. The molecule has 152 valence electrons. The maximum Gasteiger partial charge on any atom is 0.269 e. The van der Waals surface area contributed by atoms with E-state index in [9.17, 15) is 19.7 Å². The van der Waals surface area contributed by atoms with Crippen molar-refractivity contribution in [1.82, 2.24) is 16.2 Å². The molecule has 0 saturated heterocycles. The molecular weight excluding hydrogens is 396 g/mol. The third kappa shape index (κ3) is 6.85. The zero-order valence-electron chi connectivity index (χ0n) is 15.8. The highest BCUT2D eigenvalue weighted by atomic mass is 32.1. The minimum Gasteiger partial charge on any atom is -0.493 e. The van der Waals surface area contributed by atoms with Crippen LogP contribution in [0.15, 0.2) is 48.5 Å². The van der Waals surface area contributed by atoms with Crippen molar-refractivity contribution < 1.29 is 19.2 Å². The van der Waals surface area contributed by atoms with Crippen LogP contribution in [0.5, 0.6) is 5.75 Å². The molecule has 0 bridgehead atoms. The van der Waals surface area contributed by atoms with Crippen LogP contribution in [0.3, 0.4) is 0 Å². The number of nitro benzene ring substituents is 1. The van der Waals surface area contributed by atoms with Crippen molar-refractivity contribution in [3.63, 3.8) is 0 Å². The Morgan fingerprint density at radius 2 is 1.55 bits per heavy atom. The van der Waals surface area contributed by atoms with E-state index in [1.165, 1.54) is 24.3 Å². The SMILES string of the molecule is CC(C)COc1ccc(C(=O)NNC(=S)NC(=O)c2ccc([N+](=O)[O-])cc2)cc1. The highest BCUT2D eigenvalue weighted by molar-refractivity contribution is 7.80. The summed E-state index contributed by atoms with van der Waals surface area (Å²) in [5.74, 6) is 0.0316. The molecule has 0 aromatic heterocycles. The van der Waals surface area contributed by atoms with Gasteiger partial charge in [-0.25, -0.2) is 0 Å². The summed E-state index contributed by atoms with van der Waals surface area (Å²) < 4.78 is 5.55. The minimum atomic E-state index is -0.571. The smallest absolute Gasteiger partial charge is 0.269 e. The maximum atomic E-state index is 12.1. The number of amides is 2. The Balaban J connectivity index is 1.82. The fourth-order valence-electron chi connectivity index (χ4n) is 2.09. The second-order valence-electron chi connectivity index (χ2n) is 6.40. The van der Waals surface area contributed by atoms with Crippen molar-refractivity contribution >= 4 is 34.8 Å². The Labute approximate surface area is 172 Å². The lowest BCUT2D eigenvalue weighted by Crippen LogP contribution is -2.48. The van der Waals surface area contributed by atoms with Crippen LogP contribution in [0, 0.1) is 16.0 Å². The molecule has 9 nitrogen and oxygen atoms in total. The summed E-state index contributed by atoms with van der Waals surface area (Å²) in [6.07, 6.45) is 0. The molecule has 0 atom stereocenters. The normalized spacial score (nSPS) is 10.2. The average molecular weight is 416 g/mol. The van der Waals surface area contributed by atoms with E-state index >= 15 is 0 Å². The van der Waals surface area contributed by atoms with Gasteiger partial charge >= 0.3 is 0 Å². The molecular formula is C19H20N4O5S. The molecule has 0 aliphatic carbocycles. The van der Waals surface area contributed by atoms with Crippen LogP contribution in [-0.4, -0.2) is 28.5 Å². The van der Waals surface area contributed by atoms with E-state index in [4.69, 9.17) is 17.0 Å². The highest BCUT2D eigenvalue weighted by Crippen LogP contribution is 2.13. The third-order valence-corrected chi connectivity index (χ3v) is 3.76. The van der Waals surface area contributed by atoms with E-state index in [1.807, 2.05) is 13.8 Å². The molecule has 0 fully saturated rings. The first-order valence-electron chi connectivity index (χ1n) is 8.65. The van der Waals surface area contributed by atoms with Crippen molar-refractivity contribution in [2.45, 2.75) is 13.8 Å². The van der Waals surface area contributed by atoms with E-state index in [0.717, 1.165) is 0 Å². The number of nitro groups is 1. The second-order valence-corrected chi connectivity index (χ2v) is 6.80. The molecule has 0 spiro atoms. The number of hydrazine groups is 1. The van der Waals surface area contributed by atoms with Gasteiger partial charge in [-0.1, -0.05) is 13.8 Å². The van der Waals surface area contributed by atoms with Crippen LogP contribution in [0.2, 0.25) is 0 Å². The topological polar surface area (TPSA) is 123 Å². The van der Waals surface area contributed by atoms with E-state index in [0.29, 0.717) is 23.8 Å².